The number of hydrogen-bond donors (Lipinski definition) is 1. The molecule has 1 aliphatic heterocycles. The largest absolute Gasteiger partial charge is 0.508 e. The van der Waals surface area contributed by atoms with Gasteiger partial charge in [-0.3, -0.25) is 9.69 Å². The summed E-state index contributed by atoms with van der Waals surface area (Å²) < 4.78 is 5.15. The van der Waals surface area contributed by atoms with Gasteiger partial charge in [0.15, 0.2) is 5.17 Å². The lowest BCUT2D eigenvalue weighted by molar-refractivity contribution is -0.121. The summed E-state index contributed by atoms with van der Waals surface area (Å²) in [5.41, 5.74) is 1.57. The van der Waals surface area contributed by atoms with Crippen molar-refractivity contribution in [2.45, 2.75) is 0 Å². The Labute approximate surface area is 156 Å². The van der Waals surface area contributed by atoms with Crippen molar-refractivity contribution in [3.05, 3.63) is 71.7 Å². The Hall–Kier alpha value is -2.99. The van der Waals surface area contributed by atoms with E-state index in [1.807, 2.05) is 30.3 Å². The van der Waals surface area contributed by atoms with Crippen LogP contribution in [0.15, 0.2) is 71.1 Å². The van der Waals surface area contributed by atoms with E-state index in [1.165, 1.54) is 11.8 Å². The number of phenols is 1. The molecule has 0 aliphatic carbocycles. The molecule has 1 heterocycles. The fraction of sp³-hybridized carbons (Fsp3) is 0.100. The van der Waals surface area contributed by atoms with Gasteiger partial charge in [-0.05, 0) is 59.8 Å². The molecule has 0 saturated carbocycles. The number of aliphatic imine (C=N–C) groups is 1. The number of benzene rings is 2. The fourth-order valence-electron chi connectivity index (χ4n) is 2.37. The monoisotopic (exact) mass is 366 g/mol. The number of ether oxygens (including phenoxy) is 1. The minimum atomic E-state index is -0.108. The summed E-state index contributed by atoms with van der Waals surface area (Å²) in [6.45, 7) is 4.09. The summed E-state index contributed by atoms with van der Waals surface area (Å²) in [5, 5.41) is 9.97. The molecule has 1 N–H and O–H groups in total. The lowest BCUT2D eigenvalue weighted by Gasteiger charge is -2.12. The molecule has 2 aromatic rings. The first kappa shape index (κ1) is 17.8. The third-order valence-corrected chi connectivity index (χ3v) is 4.69. The molecule has 0 bridgehead atoms. The van der Waals surface area contributed by atoms with Crippen LogP contribution in [0.2, 0.25) is 0 Å². The van der Waals surface area contributed by atoms with Crippen LogP contribution >= 0.6 is 11.8 Å². The van der Waals surface area contributed by atoms with Crippen molar-refractivity contribution in [1.82, 2.24) is 4.90 Å². The molecule has 2 aromatic carbocycles. The maximum Gasteiger partial charge on any atom is 0.267 e. The highest BCUT2D eigenvalue weighted by Crippen LogP contribution is 2.34. The molecule has 132 valence electrons. The van der Waals surface area contributed by atoms with Gasteiger partial charge in [0.05, 0.1) is 17.7 Å². The summed E-state index contributed by atoms with van der Waals surface area (Å²) in [5.74, 6) is 0.829. The maximum atomic E-state index is 12.7. The van der Waals surface area contributed by atoms with Crippen molar-refractivity contribution in [3.8, 4) is 11.5 Å². The number of amidine groups is 1. The first-order valence-corrected chi connectivity index (χ1v) is 8.76. The number of rotatable bonds is 5. The van der Waals surface area contributed by atoms with Crippen LogP contribution in [0.1, 0.15) is 5.56 Å². The summed E-state index contributed by atoms with van der Waals surface area (Å²) in [4.78, 5) is 19.4. The van der Waals surface area contributed by atoms with Gasteiger partial charge < -0.3 is 9.84 Å². The van der Waals surface area contributed by atoms with E-state index in [4.69, 9.17) is 4.74 Å². The number of carbonyl (C=O) groups is 1. The van der Waals surface area contributed by atoms with Gasteiger partial charge >= 0.3 is 0 Å². The molecule has 26 heavy (non-hydrogen) atoms. The predicted molar refractivity (Wildman–Crippen MR) is 106 cm³/mol. The lowest BCUT2D eigenvalue weighted by Crippen LogP contribution is -2.29. The first-order chi connectivity index (χ1) is 12.6. The molecule has 0 spiro atoms. The van der Waals surface area contributed by atoms with Crippen LogP contribution in [0.4, 0.5) is 5.69 Å². The van der Waals surface area contributed by atoms with E-state index >= 15 is 0 Å². The van der Waals surface area contributed by atoms with E-state index in [0.29, 0.717) is 22.3 Å². The number of methoxy groups -OCH3 is 1. The van der Waals surface area contributed by atoms with Crippen molar-refractivity contribution < 1.29 is 14.6 Å². The van der Waals surface area contributed by atoms with Crippen LogP contribution in [0.5, 0.6) is 11.5 Å². The van der Waals surface area contributed by atoms with Crippen LogP contribution in [0.3, 0.4) is 0 Å². The van der Waals surface area contributed by atoms with Crippen LogP contribution < -0.4 is 4.74 Å². The smallest absolute Gasteiger partial charge is 0.267 e. The SMILES string of the molecule is C=CCN1C(=O)C(=Cc2ccc(OC)cc2)SC1=Nc1ccc(O)cc1. The molecule has 1 amide bonds. The second-order valence-corrected chi connectivity index (χ2v) is 6.51. The summed E-state index contributed by atoms with van der Waals surface area (Å²) in [6.07, 6.45) is 3.50. The number of hydrogen-bond acceptors (Lipinski definition) is 5. The van der Waals surface area contributed by atoms with Gasteiger partial charge in [0.25, 0.3) is 5.91 Å². The van der Waals surface area contributed by atoms with Gasteiger partial charge in [0.1, 0.15) is 11.5 Å². The molecule has 0 aromatic heterocycles. The highest BCUT2D eigenvalue weighted by molar-refractivity contribution is 8.18. The first-order valence-electron chi connectivity index (χ1n) is 7.95. The van der Waals surface area contributed by atoms with Gasteiger partial charge in [-0.2, -0.15) is 0 Å². The Morgan fingerprint density at radius 1 is 1.19 bits per heavy atom. The Morgan fingerprint density at radius 2 is 1.88 bits per heavy atom. The molecular formula is C20H18N2O3S. The topological polar surface area (TPSA) is 62.1 Å². The number of amides is 1. The zero-order chi connectivity index (χ0) is 18.5. The Kier molecular flexibility index (Phi) is 5.43. The maximum absolute atomic E-state index is 12.7. The molecule has 5 nitrogen and oxygen atoms in total. The second kappa shape index (κ2) is 7.93. The van der Waals surface area contributed by atoms with E-state index in [-0.39, 0.29) is 11.7 Å². The lowest BCUT2D eigenvalue weighted by atomic mass is 10.2. The van der Waals surface area contributed by atoms with Gasteiger partial charge in [-0.1, -0.05) is 18.2 Å². The van der Waals surface area contributed by atoms with Crippen molar-refractivity contribution in [3.63, 3.8) is 0 Å². The minimum absolute atomic E-state index is 0.108. The minimum Gasteiger partial charge on any atom is -0.508 e. The van der Waals surface area contributed by atoms with Crippen molar-refractivity contribution in [2.75, 3.05) is 13.7 Å². The van der Waals surface area contributed by atoms with Crippen LogP contribution in [-0.2, 0) is 4.79 Å². The third-order valence-electron chi connectivity index (χ3n) is 3.69. The zero-order valence-corrected chi connectivity index (χ0v) is 15.1. The molecule has 3 rings (SSSR count). The average molecular weight is 366 g/mol. The van der Waals surface area contributed by atoms with Crippen LogP contribution in [-0.4, -0.2) is 34.7 Å². The zero-order valence-electron chi connectivity index (χ0n) is 14.3. The van der Waals surface area contributed by atoms with E-state index in [9.17, 15) is 9.90 Å². The second-order valence-electron chi connectivity index (χ2n) is 5.50. The molecule has 0 radical (unpaired) electrons. The van der Waals surface area contributed by atoms with E-state index in [1.54, 1.807) is 42.4 Å². The van der Waals surface area contributed by atoms with Crippen molar-refractivity contribution in [1.29, 1.82) is 0 Å². The summed E-state index contributed by atoms with van der Waals surface area (Å²) in [6, 6.07) is 14.0. The van der Waals surface area contributed by atoms with Crippen molar-refractivity contribution in [2.24, 2.45) is 4.99 Å². The van der Waals surface area contributed by atoms with Crippen LogP contribution in [0.25, 0.3) is 6.08 Å². The molecule has 6 heteroatoms. The van der Waals surface area contributed by atoms with Gasteiger partial charge in [0.2, 0.25) is 0 Å². The highest BCUT2D eigenvalue weighted by Gasteiger charge is 2.32. The van der Waals surface area contributed by atoms with E-state index < -0.39 is 0 Å². The Balaban J connectivity index is 1.91. The standard InChI is InChI=1S/C20H18N2O3S/c1-3-12-22-19(24)18(13-14-4-10-17(25-2)11-5-14)26-20(22)21-15-6-8-16(23)9-7-15/h3-11,13,23H,1,12H2,2H3. The van der Waals surface area contributed by atoms with Gasteiger partial charge in [0, 0.05) is 6.54 Å². The van der Waals surface area contributed by atoms with Crippen molar-refractivity contribution >= 4 is 34.6 Å². The molecule has 1 fully saturated rings. The number of aromatic hydroxyl groups is 1. The average Bonchev–Trinajstić information content (AvgIpc) is 2.93. The predicted octanol–water partition coefficient (Wildman–Crippen LogP) is 4.19. The molecule has 0 atom stereocenters. The van der Waals surface area contributed by atoms with Gasteiger partial charge in [-0.15, -0.1) is 6.58 Å². The van der Waals surface area contributed by atoms with Crippen LogP contribution in [0, 0.1) is 0 Å². The molecule has 1 saturated heterocycles. The summed E-state index contributed by atoms with van der Waals surface area (Å²) in [7, 11) is 1.61. The summed E-state index contributed by atoms with van der Waals surface area (Å²) >= 11 is 1.32. The number of nitrogens with zero attached hydrogens (tertiary/aromatic N) is 2. The normalized spacial score (nSPS) is 17.1. The van der Waals surface area contributed by atoms with E-state index in [0.717, 1.165) is 11.3 Å². The van der Waals surface area contributed by atoms with E-state index in [2.05, 4.69) is 11.6 Å². The highest BCUT2D eigenvalue weighted by atomic mass is 32.2. The Morgan fingerprint density at radius 3 is 2.50 bits per heavy atom. The molecule has 0 unspecified atom stereocenters. The third kappa shape index (κ3) is 3.97. The number of phenolic OH excluding ortho intramolecular Hbond substituents is 1. The van der Waals surface area contributed by atoms with Gasteiger partial charge in [-0.25, -0.2) is 4.99 Å². The quantitative estimate of drug-likeness (QED) is 0.637. The molecular weight excluding hydrogens is 348 g/mol. The number of carbonyl (C=O) groups excluding carboxylic acids is 1. The Bertz CT molecular complexity index is 871. The fourth-order valence-corrected chi connectivity index (χ4v) is 3.38. The number of thioether (sulfide) groups is 1. The molecule has 1 aliphatic rings.